The Morgan fingerprint density at radius 3 is 2.55 bits per heavy atom. The smallest absolute Gasteiger partial charge is 0.243 e. The molecule has 0 aromatic heterocycles. The number of nitrogens with one attached hydrogen (secondary N) is 1. The maximum Gasteiger partial charge on any atom is 0.243 e. The van der Waals surface area contributed by atoms with Crippen LogP contribution in [0.15, 0.2) is 65.6 Å². The Morgan fingerprint density at radius 2 is 1.79 bits per heavy atom. The van der Waals surface area contributed by atoms with Crippen molar-refractivity contribution in [2.24, 2.45) is 0 Å². The molecule has 174 valence electrons. The average Bonchev–Trinajstić information content (AvgIpc) is 2.80. The first-order valence-corrected chi connectivity index (χ1v) is 12.4. The number of benzene rings is 3. The van der Waals surface area contributed by atoms with Crippen LogP contribution >= 0.6 is 0 Å². The molecule has 1 fully saturated rings. The number of fused-ring (bicyclic) bond motifs is 1. The van der Waals surface area contributed by atoms with Gasteiger partial charge in [-0.15, -0.1) is 0 Å². The maximum absolute atomic E-state index is 13.1. The predicted molar refractivity (Wildman–Crippen MR) is 128 cm³/mol. The molecule has 8 heteroatoms. The summed E-state index contributed by atoms with van der Waals surface area (Å²) in [5.41, 5.74) is 1.23. The van der Waals surface area contributed by atoms with E-state index in [-0.39, 0.29) is 23.3 Å². The van der Waals surface area contributed by atoms with Crippen LogP contribution in [-0.2, 0) is 26.0 Å². The highest BCUT2D eigenvalue weighted by Crippen LogP contribution is 2.31. The van der Waals surface area contributed by atoms with Gasteiger partial charge >= 0.3 is 0 Å². The molecule has 0 atom stereocenters. The van der Waals surface area contributed by atoms with Gasteiger partial charge in [0.1, 0.15) is 5.75 Å². The standard InChI is InChI=1S/C25H28N2O5S/c1-18(2)32-24-11-10-21(33(29,30)27-12-14-31-15-13-27)17-23(24)26-25(28)16-20-8-5-7-19-6-3-4-9-22(19)20/h3-11,17-18H,12-16H2,1-2H3,(H,26,28). The lowest BCUT2D eigenvalue weighted by molar-refractivity contribution is -0.115. The lowest BCUT2D eigenvalue weighted by Crippen LogP contribution is -2.40. The molecule has 0 unspecified atom stereocenters. The molecule has 1 saturated heterocycles. The van der Waals surface area contributed by atoms with Gasteiger partial charge in [0.2, 0.25) is 15.9 Å². The first kappa shape index (κ1) is 23.2. The molecule has 3 aromatic carbocycles. The van der Waals surface area contributed by atoms with Crippen molar-refractivity contribution >= 4 is 32.4 Å². The predicted octanol–water partition coefficient (Wildman–Crippen LogP) is 3.83. The lowest BCUT2D eigenvalue weighted by Gasteiger charge is -2.26. The average molecular weight is 469 g/mol. The van der Waals surface area contributed by atoms with Gasteiger partial charge in [-0.05, 0) is 48.4 Å². The normalized spacial score (nSPS) is 15.0. The Balaban J connectivity index is 1.61. The lowest BCUT2D eigenvalue weighted by atomic mass is 10.0. The van der Waals surface area contributed by atoms with Crippen molar-refractivity contribution in [3.8, 4) is 5.75 Å². The van der Waals surface area contributed by atoms with Gasteiger partial charge < -0.3 is 14.8 Å². The van der Waals surface area contributed by atoms with Crippen LogP contribution in [0.3, 0.4) is 0 Å². The summed E-state index contributed by atoms with van der Waals surface area (Å²) < 4.78 is 38.7. The van der Waals surface area contributed by atoms with E-state index in [4.69, 9.17) is 9.47 Å². The first-order valence-electron chi connectivity index (χ1n) is 11.0. The van der Waals surface area contributed by atoms with Crippen LogP contribution in [0.4, 0.5) is 5.69 Å². The van der Waals surface area contributed by atoms with Crippen LogP contribution in [0.1, 0.15) is 19.4 Å². The van der Waals surface area contributed by atoms with Crippen LogP contribution in [0.2, 0.25) is 0 Å². The third-order valence-corrected chi connectivity index (χ3v) is 7.32. The van der Waals surface area contributed by atoms with E-state index in [2.05, 4.69) is 5.32 Å². The molecule has 4 rings (SSSR count). The summed E-state index contributed by atoms with van der Waals surface area (Å²) >= 11 is 0. The van der Waals surface area contributed by atoms with Gasteiger partial charge in [0, 0.05) is 13.1 Å². The molecule has 7 nitrogen and oxygen atoms in total. The van der Waals surface area contributed by atoms with Gasteiger partial charge in [0.05, 0.1) is 36.3 Å². The fourth-order valence-corrected chi connectivity index (χ4v) is 5.31. The van der Waals surface area contributed by atoms with E-state index in [0.29, 0.717) is 37.7 Å². The summed E-state index contributed by atoms with van der Waals surface area (Å²) in [5.74, 6) is 0.179. The van der Waals surface area contributed by atoms with Crippen molar-refractivity contribution in [3.63, 3.8) is 0 Å². The van der Waals surface area contributed by atoms with Gasteiger partial charge in [-0.3, -0.25) is 4.79 Å². The minimum Gasteiger partial charge on any atom is -0.489 e. The second kappa shape index (κ2) is 9.91. The summed E-state index contributed by atoms with van der Waals surface area (Å²) in [6.07, 6.45) is 0.0172. The summed E-state index contributed by atoms with van der Waals surface area (Å²) in [4.78, 5) is 13.1. The van der Waals surface area contributed by atoms with Crippen LogP contribution in [0.25, 0.3) is 10.8 Å². The highest BCUT2D eigenvalue weighted by molar-refractivity contribution is 7.89. The summed E-state index contributed by atoms with van der Waals surface area (Å²) in [6, 6.07) is 18.3. The number of hydrogen-bond acceptors (Lipinski definition) is 5. The number of sulfonamides is 1. The van der Waals surface area contributed by atoms with Crippen LogP contribution < -0.4 is 10.1 Å². The fraction of sp³-hybridized carbons (Fsp3) is 0.320. The molecule has 33 heavy (non-hydrogen) atoms. The fourth-order valence-electron chi connectivity index (χ4n) is 3.87. The van der Waals surface area contributed by atoms with E-state index in [1.54, 1.807) is 6.07 Å². The molecule has 0 radical (unpaired) electrons. The largest absolute Gasteiger partial charge is 0.489 e. The number of carbonyl (C=O) groups excluding carboxylic acids is 1. The third-order valence-electron chi connectivity index (χ3n) is 5.43. The van der Waals surface area contributed by atoms with Crippen LogP contribution in [0.5, 0.6) is 5.75 Å². The van der Waals surface area contributed by atoms with Gasteiger partial charge in [0.25, 0.3) is 0 Å². The van der Waals surface area contributed by atoms with Crippen molar-refractivity contribution in [1.82, 2.24) is 4.31 Å². The van der Waals surface area contributed by atoms with Gasteiger partial charge in [-0.1, -0.05) is 42.5 Å². The molecule has 1 aliphatic rings. The van der Waals surface area contributed by atoms with Gasteiger partial charge in [-0.25, -0.2) is 8.42 Å². The molecule has 1 aliphatic heterocycles. The van der Waals surface area contributed by atoms with Crippen molar-refractivity contribution in [2.75, 3.05) is 31.6 Å². The van der Waals surface area contributed by atoms with Crippen molar-refractivity contribution in [3.05, 3.63) is 66.2 Å². The van der Waals surface area contributed by atoms with Gasteiger partial charge in [0.15, 0.2) is 0 Å². The van der Waals surface area contributed by atoms with E-state index in [9.17, 15) is 13.2 Å². The van der Waals surface area contributed by atoms with Crippen molar-refractivity contribution in [1.29, 1.82) is 0 Å². The second-order valence-corrected chi connectivity index (χ2v) is 10.1. The molecule has 0 saturated carbocycles. The molecule has 1 N–H and O–H groups in total. The number of morpholine rings is 1. The highest BCUT2D eigenvalue weighted by atomic mass is 32.2. The monoisotopic (exact) mass is 468 g/mol. The van der Waals surface area contributed by atoms with Crippen molar-refractivity contribution < 1.29 is 22.7 Å². The first-order chi connectivity index (χ1) is 15.8. The molecule has 3 aromatic rings. The Morgan fingerprint density at radius 1 is 1.06 bits per heavy atom. The van der Waals surface area contributed by atoms with E-state index in [1.807, 2.05) is 56.3 Å². The number of carbonyl (C=O) groups is 1. The number of amides is 1. The molecular formula is C25H28N2O5S. The minimum atomic E-state index is -3.71. The summed E-state index contributed by atoms with van der Waals surface area (Å²) in [5, 5.41) is 4.94. The van der Waals surface area contributed by atoms with Gasteiger partial charge in [-0.2, -0.15) is 4.31 Å². The topological polar surface area (TPSA) is 84.9 Å². The maximum atomic E-state index is 13.1. The van der Waals surface area contributed by atoms with Crippen LogP contribution in [-0.4, -0.2) is 51.0 Å². The third kappa shape index (κ3) is 5.35. The number of anilines is 1. The number of hydrogen-bond donors (Lipinski definition) is 1. The number of rotatable bonds is 7. The quantitative estimate of drug-likeness (QED) is 0.570. The molecule has 0 aliphatic carbocycles. The number of nitrogens with zero attached hydrogens (tertiary/aromatic N) is 1. The SMILES string of the molecule is CC(C)Oc1ccc(S(=O)(=O)N2CCOCC2)cc1NC(=O)Cc1cccc2ccccc12. The van der Waals surface area contributed by atoms with E-state index < -0.39 is 10.0 Å². The molecule has 1 heterocycles. The van der Waals surface area contributed by atoms with Crippen molar-refractivity contribution in [2.45, 2.75) is 31.3 Å². The Labute approximate surface area is 194 Å². The number of ether oxygens (including phenoxy) is 2. The molecule has 1 amide bonds. The summed E-state index contributed by atoms with van der Waals surface area (Å²) in [7, 11) is -3.71. The van der Waals surface area contributed by atoms with E-state index in [1.165, 1.54) is 16.4 Å². The van der Waals surface area contributed by atoms with E-state index in [0.717, 1.165) is 16.3 Å². The molecule has 0 spiro atoms. The zero-order chi connectivity index (χ0) is 23.4. The highest BCUT2D eigenvalue weighted by Gasteiger charge is 2.27. The Hall–Kier alpha value is -2.94. The van der Waals surface area contributed by atoms with Crippen LogP contribution in [0, 0.1) is 0 Å². The Bertz CT molecular complexity index is 1250. The zero-order valence-corrected chi connectivity index (χ0v) is 19.6. The summed E-state index contributed by atoms with van der Waals surface area (Å²) in [6.45, 7) is 5.08. The second-order valence-electron chi connectivity index (χ2n) is 8.20. The molecule has 0 bridgehead atoms. The minimum absolute atomic E-state index is 0.112. The van der Waals surface area contributed by atoms with E-state index >= 15 is 0 Å². The molecular weight excluding hydrogens is 440 g/mol. The Kier molecular flexibility index (Phi) is 6.97. The zero-order valence-electron chi connectivity index (χ0n) is 18.8.